The summed E-state index contributed by atoms with van der Waals surface area (Å²) in [6.07, 6.45) is 10.0. The molecule has 0 radical (unpaired) electrons. The van der Waals surface area contributed by atoms with Crippen molar-refractivity contribution in [3.63, 3.8) is 0 Å². The average Bonchev–Trinajstić information content (AvgIpc) is 3.18. The van der Waals surface area contributed by atoms with Gasteiger partial charge in [-0.3, -0.25) is 9.67 Å². The molecule has 3 rings (SSSR count). The first-order valence-electron chi connectivity index (χ1n) is 10.6. The maximum absolute atomic E-state index is 5.58. The van der Waals surface area contributed by atoms with E-state index < -0.39 is 0 Å². The van der Waals surface area contributed by atoms with Gasteiger partial charge in [-0.25, -0.2) is 0 Å². The van der Waals surface area contributed by atoms with Crippen LogP contribution >= 0.6 is 0 Å². The zero-order chi connectivity index (χ0) is 21.6. The molecule has 0 aliphatic heterocycles. The Kier molecular flexibility index (Phi) is 7.24. The van der Waals surface area contributed by atoms with Gasteiger partial charge in [0.2, 0.25) is 0 Å². The van der Waals surface area contributed by atoms with Gasteiger partial charge in [0.05, 0.1) is 20.4 Å². The molecule has 1 saturated carbocycles. The zero-order valence-electron chi connectivity index (χ0n) is 18.9. The fourth-order valence-electron chi connectivity index (χ4n) is 4.50. The average molecular weight is 414 g/mol. The molecule has 0 unspecified atom stereocenters. The van der Waals surface area contributed by atoms with E-state index >= 15 is 0 Å². The summed E-state index contributed by atoms with van der Waals surface area (Å²) in [6, 6.07) is 6.36. The van der Waals surface area contributed by atoms with Crippen molar-refractivity contribution in [2.24, 2.45) is 12.0 Å². The number of nitrogens with zero attached hydrogens (tertiary/aromatic N) is 4. The van der Waals surface area contributed by atoms with Gasteiger partial charge in [-0.05, 0) is 30.5 Å². The van der Waals surface area contributed by atoms with E-state index in [-0.39, 0.29) is 5.41 Å². The number of nitrogens with one attached hydrogen (secondary N) is 1. The summed E-state index contributed by atoms with van der Waals surface area (Å²) in [5.41, 5.74) is 2.52. The van der Waals surface area contributed by atoms with Crippen molar-refractivity contribution in [2.75, 3.05) is 34.9 Å². The van der Waals surface area contributed by atoms with Crippen molar-refractivity contribution in [1.82, 2.24) is 20.0 Å². The summed E-state index contributed by atoms with van der Waals surface area (Å²) in [5.74, 6) is 2.45. The van der Waals surface area contributed by atoms with Gasteiger partial charge in [-0.15, -0.1) is 0 Å². The molecule has 1 aromatic heterocycles. The number of aromatic nitrogens is 2. The molecule has 7 heteroatoms. The maximum Gasteiger partial charge on any atom is 0.193 e. The molecule has 0 atom stereocenters. The minimum absolute atomic E-state index is 0.0584. The number of rotatable bonds is 7. The molecule has 0 spiro atoms. The molecular formula is C23H35N5O2. The third-order valence-electron chi connectivity index (χ3n) is 6.14. The Labute approximate surface area is 180 Å². The van der Waals surface area contributed by atoms with Crippen LogP contribution < -0.4 is 14.8 Å². The van der Waals surface area contributed by atoms with Gasteiger partial charge in [-0.2, -0.15) is 5.10 Å². The fourth-order valence-corrected chi connectivity index (χ4v) is 4.50. The van der Waals surface area contributed by atoms with Crippen molar-refractivity contribution in [3.8, 4) is 11.5 Å². The fraction of sp³-hybridized carbons (Fsp3) is 0.565. The second-order valence-electron chi connectivity index (χ2n) is 8.19. The Morgan fingerprint density at radius 2 is 1.93 bits per heavy atom. The lowest BCUT2D eigenvalue weighted by molar-refractivity contribution is 0.285. The molecule has 1 heterocycles. The Morgan fingerprint density at radius 3 is 2.53 bits per heavy atom. The molecular weight excluding hydrogens is 378 g/mol. The van der Waals surface area contributed by atoms with Crippen LogP contribution in [0.1, 0.15) is 43.2 Å². The van der Waals surface area contributed by atoms with E-state index in [1.807, 2.05) is 37.2 Å². The second-order valence-corrected chi connectivity index (χ2v) is 8.19. The normalized spacial score (nSPS) is 16.2. The lowest BCUT2D eigenvalue weighted by Crippen LogP contribution is -2.46. The first-order chi connectivity index (χ1) is 14.5. The minimum atomic E-state index is 0.0584. The van der Waals surface area contributed by atoms with Gasteiger partial charge in [0, 0.05) is 51.4 Å². The third-order valence-corrected chi connectivity index (χ3v) is 6.14. The number of aryl methyl sites for hydroxylation is 1. The maximum atomic E-state index is 5.58. The molecule has 2 aromatic rings. The van der Waals surface area contributed by atoms with Crippen LogP contribution in [0.4, 0.5) is 0 Å². The molecule has 1 N–H and O–H groups in total. The number of methoxy groups -OCH3 is 2. The molecule has 30 heavy (non-hydrogen) atoms. The molecule has 7 nitrogen and oxygen atoms in total. The van der Waals surface area contributed by atoms with Crippen LogP contribution in [0.3, 0.4) is 0 Å². The van der Waals surface area contributed by atoms with E-state index in [1.165, 1.54) is 24.8 Å². The molecule has 0 saturated heterocycles. The van der Waals surface area contributed by atoms with Gasteiger partial charge in [0.1, 0.15) is 0 Å². The van der Waals surface area contributed by atoms with Crippen LogP contribution in [0, 0.1) is 0 Å². The van der Waals surface area contributed by atoms with Gasteiger partial charge in [0.25, 0.3) is 0 Å². The van der Waals surface area contributed by atoms with Crippen molar-refractivity contribution in [3.05, 3.63) is 41.7 Å². The van der Waals surface area contributed by atoms with E-state index in [9.17, 15) is 0 Å². The number of benzene rings is 1. The summed E-state index contributed by atoms with van der Waals surface area (Å²) >= 11 is 0. The predicted molar refractivity (Wildman–Crippen MR) is 120 cm³/mol. The Bertz CT molecular complexity index is 855. The molecule has 1 aliphatic carbocycles. The number of hydrogen-bond donors (Lipinski definition) is 1. The van der Waals surface area contributed by atoms with E-state index in [4.69, 9.17) is 9.47 Å². The summed E-state index contributed by atoms with van der Waals surface area (Å²) in [6.45, 7) is 1.60. The Hall–Kier alpha value is -2.70. The van der Waals surface area contributed by atoms with Crippen molar-refractivity contribution in [2.45, 2.75) is 44.1 Å². The molecule has 0 bridgehead atoms. The highest BCUT2D eigenvalue weighted by Crippen LogP contribution is 2.42. The number of guanidine groups is 1. The molecule has 164 valence electrons. The Balaban J connectivity index is 1.77. The summed E-state index contributed by atoms with van der Waals surface area (Å²) in [4.78, 5) is 6.66. The number of aliphatic imine (C=N–C) groups is 1. The minimum Gasteiger partial charge on any atom is -0.493 e. The van der Waals surface area contributed by atoms with Crippen molar-refractivity contribution < 1.29 is 9.47 Å². The second kappa shape index (κ2) is 9.87. The Morgan fingerprint density at radius 1 is 1.20 bits per heavy atom. The van der Waals surface area contributed by atoms with Crippen LogP contribution in [-0.4, -0.2) is 55.5 Å². The predicted octanol–water partition coefficient (Wildman–Crippen LogP) is 3.35. The largest absolute Gasteiger partial charge is 0.493 e. The molecule has 0 amide bonds. The van der Waals surface area contributed by atoms with E-state index in [1.54, 1.807) is 14.2 Å². The summed E-state index contributed by atoms with van der Waals surface area (Å²) in [5, 5.41) is 7.91. The van der Waals surface area contributed by atoms with Crippen LogP contribution in [0.15, 0.2) is 35.6 Å². The van der Waals surface area contributed by atoms with Crippen LogP contribution in [0.2, 0.25) is 0 Å². The number of ether oxygens (including phenoxy) is 2. The lowest BCUT2D eigenvalue weighted by Gasteiger charge is -2.39. The first-order valence-corrected chi connectivity index (χ1v) is 10.6. The standard InChI is InChI=1S/C23H35N5O2/c1-24-22(27(2)15-18-14-26-28(3)16-18)25-17-23(11-7-6-8-12-23)19-9-10-20(29-4)21(13-19)30-5/h9-10,13-14,16H,6-8,11-12,15,17H2,1-5H3,(H,24,25). The first kappa shape index (κ1) is 22.0. The molecule has 1 fully saturated rings. The van der Waals surface area contributed by atoms with Crippen molar-refractivity contribution in [1.29, 1.82) is 0 Å². The van der Waals surface area contributed by atoms with Gasteiger partial charge in [-0.1, -0.05) is 25.3 Å². The molecule has 1 aliphatic rings. The van der Waals surface area contributed by atoms with Crippen LogP contribution in [0.25, 0.3) is 0 Å². The quantitative estimate of drug-likeness (QED) is 0.557. The highest BCUT2D eigenvalue weighted by atomic mass is 16.5. The van der Waals surface area contributed by atoms with Gasteiger partial charge < -0.3 is 19.7 Å². The van der Waals surface area contributed by atoms with E-state index in [0.717, 1.165) is 49.0 Å². The van der Waals surface area contributed by atoms with Gasteiger partial charge >= 0.3 is 0 Å². The highest BCUT2D eigenvalue weighted by molar-refractivity contribution is 5.79. The SMILES string of the molecule is CN=C(NCC1(c2ccc(OC)c(OC)c2)CCCCC1)N(C)Cc1cnn(C)c1. The lowest BCUT2D eigenvalue weighted by atomic mass is 9.69. The number of hydrogen-bond acceptors (Lipinski definition) is 4. The molecule has 1 aromatic carbocycles. The van der Waals surface area contributed by atoms with E-state index in [2.05, 4.69) is 39.5 Å². The monoisotopic (exact) mass is 413 g/mol. The van der Waals surface area contributed by atoms with Crippen LogP contribution in [-0.2, 0) is 19.0 Å². The van der Waals surface area contributed by atoms with E-state index in [0.29, 0.717) is 0 Å². The van der Waals surface area contributed by atoms with Crippen LogP contribution in [0.5, 0.6) is 11.5 Å². The zero-order valence-corrected chi connectivity index (χ0v) is 18.9. The summed E-state index contributed by atoms with van der Waals surface area (Å²) in [7, 11) is 9.21. The third kappa shape index (κ3) is 4.89. The summed E-state index contributed by atoms with van der Waals surface area (Å²) < 4.78 is 12.9. The topological polar surface area (TPSA) is 63.9 Å². The smallest absolute Gasteiger partial charge is 0.193 e. The van der Waals surface area contributed by atoms with Gasteiger partial charge in [0.15, 0.2) is 17.5 Å². The van der Waals surface area contributed by atoms with Crippen molar-refractivity contribution >= 4 is 5.96 Å². The highest BCUT2D eigenvalue weighted by Gasteiger charge is 2.35.